The highest BCUT2D eigenvalue weighted by molar-refractivity contribution is 6.10. The van der Waals surface area contributed by atoms with Crippen molar-refractivity contribution in [3.8, 4) is 12.1 Å². The number of carboxylic acid groups (broad SMARTS) is 1. The Morgan fingerprint density at radius 3 is 2.59 bits per heavy atom. The number of benzene rings is 1. The number of nitrogens with zero attached hydrogens (tertiary/aromatic N) is 3. The van der Waals surface area contributed by atoms with Crippen LogP contribution in [0.4, 0.5) is 5.69 Å². The number of hydrazone groups is 1. The van der Waals surface area contributed by atoms with E-state index in [0.717, 1.165) is 0 Å². The van der Waals surface area contributed by atoms with E-state index in [4.69, 9.17) is 15.6 Å². The Morgan fingerprint density at radius 2 is 2.06 bits per heavy atom. The Labute approximate surface area is 97.4 Å². The molecule has 0 amide bonds. The third-order valence-electron chi connectivity index (χ3n) is 1.99. The molecule has 0 bridgehead atoms. The molecular formula is C11H8N4O2. The van der Waals surface area contributed by atoms with Crippen molar-refractivity contribution in [1.29, 1.82) is 10.5 Å². The number of nitriles is 2. The van der Waals surface area contributed by atoms with Crippen LogP contribution in [0.25, 0.3) is 0 Å². The molecule has 0 atom stereocenters. The number of rotatable bonds is 3. The number of nitrogens with one attached hydrogen (secondary N) is 1. The van der Waals surface area contributed by atoms with Gasteiger partial charge in [-0.2, -0.15) is 15.6 Å². The predicted octanol–water partition coefficient (Wildman–Crippen LogP) is 1.51. The van der Waals surface area contributed by atoms with E-state index in [1.807, 2.05) is 0 Å². The third-order valence-corrected chi connectivity index (χ3v) is 1.99. The number of hydrogen-bond donors (Lipinski definition) is 2. The SMILES string of the molecule is Cc1cccc(NN=C(C#N)C#N)c1C(=O)O. The molecule has 1 aromatic carbocycles. The van der Waals surface area contributed by atoms with Gasteiger partial charge in [0.2, 0.25) is 5.71 Å². The maximum atomic E-state index is 11.0. The van der Waals surface area contributed by atoms with Gasteiger partial charge in [-0.15, -0.1) is 0 Å². The summed E-state index contributed by atoms with van der Waals surface area (Å²) in [5.74, 6) is -1.10. The molecule has 0 unspecified atom stereocenters. The van der Waals surface area contributed by atoms with Gasteiger partial charge in [-0.25, -0.2) is 4.79 Å². The quantitative estimate of drug-likeness (QED) is 0.601. The zero-order valence-corrected chi connectivity index (χ0v) is 8.93. The number of aryl methyl sites for hydroxylation is 1. The van der Waals surface area contributed by atoms with Crippen molar-refractivity contribution < 1.29 is 9.90 Å². The number of carbonyl (C=O) groups is 1. The smallest absolute Gasteiger partial charge is 0.338 e. The predicted molar refractivity (Wildman–Crippen MR) is 60.4 cm³/mol. The fourth-order valence-corrected chi connectivity index (χ4v) is 1.24. The van der Waals surface area contributed by atoms with Crippen LogP contribution in [-0.4, -0.2) is 16.8 Å². The fourth-order valence-electron chi connectivity index (χ4n) is 1.24. The van der Waals surface area contributed by atoms with E-state index in [2.05, 4.69) is 10.5 Å². The summed E-state index contributed by atoms with van der Waals surface area (Å²) in [6, 6.07) is 7.93. The first-order valence-electron chi connectivity index (χ1n) is 4.57. The fraction of sp³-hybridized carbons (Fsp3) is 0.0909. The lowest BCUT2D eigenvalue weighted by molar-refractivity contribution is 0.0697. The van der Waals surface area contributed by atoms with E-state index < -0.39 is 5.97 Å². The lowest BCUT2D eigenvalue weighted by Crippen LogP contribution is -2.06. The molecular weight excluding hydrogens is 220 g/mol. The van der Waals surface area contributed by atoms with Crippen LogP contribution in [0, 0.1) is 29.6 Å². The van der Waals surface area contributed by atoms with Crippen molar-refractivity contribution in [2.45, 2.75) is 6.92 Å². The van der Waals surface area contributed by atoms with Crippen molar-refractivity contribution in [3.63, 3.8) is 0 Å². The second-order valence-corrected chi connectivity index (χ2v) is 3.10. The minimum Gasteiger partial charge on any atom is -0.478 e. The second kappa shape index (κ2) is 5.29. The van der Waals surface area contributed by atoms with Gasteiger partial charge in [0.15, 0.2) is 0 Å². The number of hydrogen-bond acceptors (Lipinski definition) is 5. The average Bonchev–Trinajstić information content (AvgIpc) is 2.29. The molecule has 0 aliphatic rings. The van der Waals surface area contributed by atoms with Crippen LogP contribution in [0.15, 0.2) is 23.3 Å². The molecule has 17 heavy (non-hydrogen) atoms. The van der Waals surface area contributed by atoms with Gasteiger partial charge in [0.25, 0.3) is 0 Å². The first kappa shape index (κ1) is 12.2. The van der Waals surface area contributed by atoms with Crippen LogP contribution < -0.4 is 5.43 Å². The summed E-state index contributed by atoms with van der Waals surface area (Å²) in [5, 5.41) is 29.5. The minimum absolute atomic E-state index is 0.0616. The van der Waals surface area contributed by atoms with Crippen molar-refractivity contribution in [3.05, 3.63) is 29.3 Å². The molecule has 0 saturated carbocycles. The van der Waals surface area contributed by atoms with E-state index in [0.29, 0.717) is 5.56 Å². The number of anilines is 1. The molecule has 6 heteroatoms. The van der Waals surface area contributed by atoms with E-state index >= 15 is 0 Å². The Kier molecular flexibility index (Phi) is 3.80. The standard InChI is InChI=1S/C11H8N4O2/c1-7-3-2-4-9(10(7)11(16)17)15-14-8(5-12)6-13/h2-4,15H,1H3,(H,16,17). The summed E-state index contributed by atoms with van der Waals surface area (Å²) in [6.07, 6.45) is 0. The van der Waals surface area contributed by atoms with Gasteiger partial charge in [-0.1, -0.05) is 12.1 Å². The van der Waals surface area contributed by atoms with Gasteiger partial charge in [-0.3, -0.25) is 5.43 Å². The van der Waals surface area contributed by atoms with Crippen LogP contribution in [-0.2, 0) is 0 Å². The van der Waals surface area contributed by atoms with Crippen LogP contribution in [0.5, 0.6) is 0 Å². The van der Waals surface area contributed by atoms with Gasteiger partial charge in [0, 0.05) is 0 Å². The minimum atomic E-state index is -1.10. The van der Waals surface area contributed by atoms with E-state index in [1.165, 1.54) is 6.07 Å². The first-order valence-corrected chi connectivity index (χ1v) is 4.57. The molecule has 84 valence electrons. The zero-order chi connectivity index (χ0) is 12.8. The van der Waals surface area contributed by atoms with Gasteiger partial charge < -0.3 is 5.11 Å². The average molecular weight is 228 g/mol. The van der Waals surface area contributed by atoms with Crippen molar-refractivity contribution >= 4 is 17.4 Å². The summed E-state index contributed by atoms with van der Waals surface area (Å²) in [7, 11) is 0. The van der Waals surface area contributed by atoms with Crippen molar-refractivity contribution in [2.75, 3.05) is 5.43 Å². The first-order chi connectivity index (χ1) is 8.10. The van der Waals surface area contributed by atoms with Crippen LogP contribution >= 0.6 is 0 Å². The molecule has 0 aliphatic heterocycles. The maximum Gasteiger partial charge on any atom is 0.338 e. The molecule has 1 aromatic rings. The molecule has 0 aliphatic carbocycles. The molecule has 0 radical (unpaired) electrons. The van der Waals surface area contributed by atoms with E-state index in [-0.39, 0.29) is 17.0 Å². The van der Waals surface area contributed by atoms with Gasteiger partial charge in [-0.05, 0) is 18.6 Å². The normalized spacial score (nSPS) is 8.65. The molecule has 0 saturated heterocycles. The Bertz CT molecular complexity index is 548. The molecule has 0 heterocycles. The number of aromatic carboxylic acids is 1. The zero-order valence-electron chi connectivity index (χ0n) is 8.93. The maximum absolute atomic E-state index is 11.0. The highest BCUT2D eigenvalue weighted by Crippen LogP contribution is 2.19. The monoisotopic (exact) mass is 228 g/mol. The molecule has 0 fully saturated rings. The molecule has 0 spiro atoms. The van der Waals surface area contributed by atoms with E-state index in [9.17, 15) is 4.79 Å². The molecule has 6 nitrogen and oxygen atoms in total. The Morgan fingerprint density at radius 1 is 1.41 bits per heavy atom. The second-order valence-electron chi connectivity index (χ2n) is 3.10. The topological polar surface area (TPSA) is 109 Å². The van der Waals surface area contributed by atoms with Crippen molar-refractivity contribution in [2.24, 2.45) is 5.10 Å². The summed E-state index contributed by atoms with van der Waals surface area (Å²) in [4.78, 5) is 11.0. The van der Waals surface area contributed by atoms with Gasteiger partial charge >= 0.3 is 5.97 Å². The summed E-state index contributed by atoms with van der Waals surface area (Å²) < 4.78 is 0. The Hall–Kier alpha value is -2.86. The lowest BCUT2D eigenvalue weighted by atomic mass is 10.1. The third kappa shape index (κ3) is 2.80. The highest BCUT2D eigenvalue weighted by Gasteiger charge is 2.12. The van der Waals surface area contributed by atoms with Crippen LogP contribution in [0.2, 0.25) is 0 Å². The van der Waals surface area contributed by atoms with Crippen molar-refractivity contribution in [1.82, 2.24) is 0 Å². The lowest BCUT2D eigenvalue weighted by Gasteiger charge is -2.07. The van der Waals surface area contributed by atoms with Crippen LogP contribution in [0.1, 0.15) is 15.9 Å². The molecule has 2 N–H and O–H groups in total. The largest absolute Gasteiger partial charge is 0.478 e. The van der Waals surface area contributed by atoms with Crippen LogP contribution in [0.3, 0.4) is 0 Å². The van der Waals surface area contributed by atoms with Gasteiger partial charge in [0.1, 0.15) is 12.1 Å². The van der Waals surface area contributed by atoms with Gasteiger partial charge in [0.05, 0.1) is 11.3 Å². The Balaban J connectivity index is 3.14. The number of carboxylic acids is 1. The molecule has 1 rings (SSSR count). The summed E-state index contributed by atoms with van der Waals surface area (Å²) in [6.45, 7) is 1.65. The highest BCUT2D eigenvalue weighted by atomic mass is 16.4. The van der Waals surface area contributed by atoms with E-state index in [1.54, 1.807) is 31.2 Å². The summed E-state index contributed by atoms with van der Waals surface area (Å²) >= 11 is 0. The summed E-state index contributed by atoms with van der Waals surface area (Å²) in [5.41, 5.74) is 2.89. The molecule has 0 aromatic heterocycles.